The molecule has 0 aliphatic carbocycles. The number of rotatable bonds is 2. The monoisotopic (exact) mass is 333 g/mol. The summed E-state index contributed by atoms with van der Waals surface area (Å²) in [5.41, 5.74) is 15.6. The summed E-state index contributed by atoms with van der Waals surface area (Å²) in [5.74, 6) is -0.239. The summed E-state index contributed by atoms with van der Waals surface area (Å²) in [7, 11) is 0. The van der Waals surface area contributed by atoms with Gasteiger partial charge in [0.25, 0.3) is 5.91 Å². The van der Waals surface area contributed by atoms with E-state index < -0.39 is 0 Å². The molecule has 0 bridgehead atoms. The highest BCUT2D eigenvalue weighted by Gasteiger charge is 2.12. The van der Waals surface area contributed by atoms with Gasteiger partial charge in [0.05, 0.1) is 5.69 Å². The van der Waals surface area contributed by atoms with Crippen molar-refractivity contribution >= 4 is 38.9 Å². The number of halogens is 1. The zero-order valence-electron chi connectivity index (χ0n) is 11.3. The summed E-state index contributed by atoms with van der Waals surface area (Å²) in [4.78, 5) is 12.3. The Bertz CT molecular complexity index is 640. The van der Waals surface area contributed by atoms with E-state index in [4.69, 9.17) is 11.5 Å². The Morgan fingerprint density at radius 3 is 2.20 bits per heavy atom. The van der Waals surface area contributed by atoms with Crippen LogP contribution in [0.5, 0.6) is 0 Å². The minimum absolute atomic E-state index is 0.239. The lowest BCUT2D eigenvalue weighted by Crippen LogP contribution is -2.14. The van der Waals surface area contributed by atoms with Crippen molar-refractivity contribution in [1.29, 1.82) is 0 Å². The highest BCUT2D eigenvalue weighted by atomic mass is 79.9. The molecule has 0 aliphatic heterocycles. The summed E-state index contributed by atoms with van der Waals surface area (Å²) in [6.45, 7) is 3.95. The van der Waals surface area contributed by atoms with Gasteiger partial charge in [0, 0.05) is 21.4 Å². The molecule has 0 atom stereocenters. The maximum Gasteiger partial charge on any atom is 0.255 e. The molecule has 0 radical (unpaired) electrons. The number of anilines is 3. The maximum atomic E-state index is 12.3. The zero-order valence-corrected chi connectivity index (χ0v) is 12.9. The number of nitrogens with one attached hydrogen (secondary N) is 1. The van der Waals surface area contributed by atoms with Gasteiger partial charge in [-0.05, 0) is 65.2 Å². The Labute approximate surface area is 126 Å². The van der Waals surface area contributed by atoms with Crippen molar-refractivity contribution in [3.63, 3.8) is 0 Å². The van der Waals surface area contributed by atoms with E-state index in [9.17, 15) is 4.79 Å². The standard InChI is InChI=1S/C15H16BrN3O/c1-8-3-9(2)14(13(16)4-8)19-15(20)10-5-11(17)7-12(18)6-10/h3-7H,17-18H2,1-2H3,(H,19,20). The summed E-state index contributed by atoms with van der Waals surface area (Å²) < 4.78 is 0.847. The second kappa shape index (κ2) is 5.54. The summed E-state index contributed by atoms with van der Waals surface area (Å²) in [6.07, 6.45) is 0. The van der Waals surface area contributed by atoms with Crippen LogP contribution in [0.2, 0.25) is 0 Å². The molecular weight excluding hydrogens is 318 g/mol. The lowest BCUT2D eigenvalue weighted by atomic mass is 10.1. The van der Waals surface area contributed by atoms with E-state index in [0.29, 0.717) is 16.9 Å². The van der Waals surface area contributed by atoms with Crippen molar-refractivity contribution in [1.82, 2.24) is 0 Å². The minimum atomic E-state index is -0.239. The van der Waals surface area contributed by atoms with E-state index in [-0.39, 0.29) is 5.91 Å². The third kappa shape index (κ3) is 3.11. The molecule has 0 fully saturated rings. The van der Waals surface area contributed by atoms with Crippen LogP contribution in [0.15, 0.2) is 34.8 Å². The van der Waals surface area contributed by atoms with E-state index in [0.717, 1.165) is 21.3 Å². The zero-order chi connectivity index (χ0) is 14.9. The number of carbonyl (C=O) groups is 1. The van der Waals surface area contributed by atoms with Crippen LogP contribution in [0.3, 0.4) is 0 Å². The molecule has 0 unspecified atom stereocenters. The minimum Gasteiger partial charge on any atom is -0.399 e. The highest BCUT2D eigenvalue weighted by molar-refractivity contribution is 9.10. The number of nitrogens with two attached hydrogens (primary N) is 2. The molecule has 2 rings (SSSR count). The largest absolute Gasteiger partial charge is 0.399 e. The molecule has 1 amide bonds. The second-order valence-electron chi connectivity index (χ2n) is 4.78. The van der Waals surface area contributed by atoms with Gasteiger partial charge in [0.2, 0.25) is 0 Å². The third-order valence-corrected chi connectivity index (χ3v) is 3.54. The van der Waals surface area contributed by atoms with E-state index in [2.05, 4.69) is 21.2 Å². The quantitative estimate of drug-likeness (QED) is 0.736. The number of aryl methyl sites for hydroxylation is 2. The van der Waals surface area contributed by atoms with E-state index in [1.807, 2.05) is 26.0 Å². The van der Waals surface area contributed by atoms with Crippen LogP contribution < -0.4 is 16.8 Å². The van der Waals surface area contributed by atoms with Gasteiger partial charge in [0.15, 0.2) is 0 Å². The molecule has 20 heavy (non-hydrogen) atoms. The maximum absolute atomic E-state index is 12.3. The van der Waals surface area contributed by atoms with Crippen LogP contribution in [0, 0.1) is 13.8 Å². The molecule has 104 valence electrons. The number of amides is 1. The molecule has 0 aromatic heterocycles. The van der Waals surface area contributed by atoms with Gasteiger partial charge in [-0.15, -0.1) is 0 Å². The first-order valence-electron chi connectivity index (χ1n) is 6.11. The summed E-state index contributed by atoms with van der Waals surface area (Å²) in [5, 5.41) is 2.88. The summed E-state index contributed by atoms with van der Waals surface area (Å²) in [6, 6.07) is 8.78. The Morgan fingerprint density at radius 1 is 1.05 bits per heavy atom. The Balaban J connectivity index is 2.32. The first-order chi connectivity index (χ1) is 9.36. The topological polar surface area (TPSA) is 81.1 Å². The van der Waals surface area contributed by atoms with Crippen LogP contribution in [-0.2, 0) is 0 Å². The van der Waals surface area contributed by atoms with Crippen LogP contribution in [-0.4, -0.2) is 5.91 Å². The van der Waals surface area contributed by atoms with Crippen molar-refractivity contribution in [2.45, 2.75) is 13.8 Å². The van der Waals surface area contributed by atoms with Gasteiger partial charge in [-0.1, -0.05) is 6.07 Å². The van der Waals surface area contributed by atoms with Crippen molar-refractivity contribution in [2.24, 2.45) is 0 Å². The molecule has 2 aromatic carbocycles. The lowest BCUT2D eigenvalue weighted by Gasteiger charge is -2.12. The smallest absolute Gasteiger partial charge is 0.255 e. The van der Waals surface area contributed by atoms with Gasteiger partial charge in [-0.2, -0.15) is 0 Å². The third-order valence-electron chi connectivity index (χ3n) is 2.91. The van der Waals surface area contributed by atoms with Crippen molar-refractivity contribution in [2.75, 3.05) is 16.8 Å². The predicted octanol–water partition coefficient (Wildman–Crippen LogP) is 3.48. The van der Waals surface area contributed by atoms with Crippen molar-refractivity contribution < 1.29 is 4.79 Å². The van der Waals surface area contributed by atoms with Crippen LogP contribution in [0.25, 0.3) is 0 Å². The highest BCUT2D eigenvalue weighted by Crippen LogP contribution is 2.28. The second-order valence-corrected chi connectivity index (χ2v) is 5.64. The van der Waals surface area contributed by atoms with Crippen LogP contribution >= 0.6 is 15.9 Å². The average molecular weight is 334 g/mol. The Kier molecular flexibility index (Phi) is 3.99. The molecule has 5 heteroatoms. The molecule has 0 saturated carbocycles. The van der Waals surface area contributed by atoms with Crippen LogP contribution in [0.4, 0.5) is 17.1 Å². The summed E-state index contributed by atoms with van der Waals surface area (Å²) >= 11 is 3.46. The number of carbonyl (C=O) groups excluding carboxylic acids is 1. The average Bonchev–Trinajstić information content (AvgIpc) is 2.32. The number of hydrogen-bond donors (Lipinski definition) is 3. The molecule has 0 aliphatic rings. The van der Waals surface area contributed by atoms with Gasteiger partial charge in [-0.3, -0.25) is 4.79 Å². The normalized spacial score (nSPS) is 10.3. The SMILES string of the molecule is Cc1cc(C)c(NC(=O)c2cc(N)cc(N)c2)c(Br)c1. The fourth-order valence-electron chi connectivity index (χ4n) is 2.07. The van der Waals surface area contributed by atoms with Crippen molar-refractivity contribution in [3.05, 3.63) is 51.5 Å². The number of hydrogen-bond acceptors (Lipinski definition) is 3. The Morgan fingerprint density at radius 2 is 1.65 bits per heavy atom. The fraction of sp³-hybridized carbons (Fsp3) is 0.133. The van der Waals surface area contributed by atoms with E-state index in [1.54, 1.807) is 18.2 Å². The number of benzene rings is 2. The first-order valence-corrected chi connectivity index (χ1v) is 6.90. The molecule has 4 nitrogen and oxygen atoms in total. The van der Waals surface area contributed by atoms with Crippen molar-refractivity contribution in [3.8, 4) is 0 Å². The molecule has 2 aromatic rings. The predicted molar refractivity (Wildman–Crippen MR) is 86.8 cm³/mol. The van der Waals surface area contributed by atoms with Crippen LogP contribution in [0.1, 0.15) is 21.5 Å². The van der Waals surface area contributed by atoms with Gasteiger partial charge in [-0.25, -0.2) is 0 Å². The lowest BCUT2D eigenvalue weighted by molar-refractivity contribution is 0.102. The van der Waals surface area contributed by atoms with E-state index in [1.165, 1.54) is 0 Å². The number of nitrogen functional groups attached to an aromatic ring is 2. The fourth-order valence-corrected chi connectivity index (χ4v) is 2.84. The van der Waals surface area contributed by atoms with E-state index >= 15 is 0 Å². The first kappa shape index (κ1) is 14.4. The molecule has 5 N–H and O–H groups in total. The molecule has 0 saturated heterocycles. The molecular formula is C15H16BrN3O. The van der Waals surface area contributed by atoms with Gasteiger partial charge in [0.1, 0.15) is 0 Å². The van der Waals surface area contributed by atoms with Gasteiger partial charge < -0.3 is 16.8 Å². The van der Waals surface area contributed by atoms with Gasteiger partial charge >= 0.3 is 0 Å². The molecule has 0 spiro atoms. The Hall–Kier alpha value is -2.01. The molecule has 0 heterocycles.